The highest BCUT2D eigenvalue weighted by molar-refractivity contribution is 5.36. The first-order chi connectivity index (χ1) is 11.8. The summed E-state index contributed by atoms with van der Waals surface area (Å²) in [5, 5.41) is 0. The van der Waals surface area contributed by atoms with Crippen LogP contribution in [0.2, 0.25) is 0 Å². The van der Waals surface area contributed by atoms with Crippen LogP contribution in [0.15, 0.2) is 20.0 Å². The SMILES string of the molecule is O=C=NCCCCCC(N=C=O)C(CCCCCN=C=O)N=C=O. The second-order valence-electron chi connectivity index (χ2n) is 5.22. The van der Waals surface area contributed by atoms with Gasteiger partial charge >= 0.3 is 0 Å². The molecule has 0 rings (SSSR count). The van der Waals surface area contributed by atoms with E-state index in [2.05, 4.69) is 20.0 Å². The third kappa shape index (κ3) is 12.1. The molecule has 0 saturated heterocycles. The van der Waals surface area contributed by atoms with Gasteiger partial charge in [-0.15, -0.1) is 0 Å². The normalized spacial score (nSPS) is 11.8. The molecule has 0 fully saturated rings. The number of hydrogen-bond donors (Lipinski definition) is 0. The molecular weight excluding hydrogens is 312 g/mol. The zero-order valence-electron chi connectivity index (χ0n) is 13.6. The van der Waals surface area contributed by atoms with Crippen molar-refractivity contribution in [3.63, 3.8) is 0 Å². The highest BCUT2D eigenvalue weighted by Crippen LogP contribution is 2.18. The van der Waals surface area contributed by atoms with Crippen molar-refractivity contribution in [1.82, 2.24) is 0 Å². The Balaban J connectivity index is 4.34. The third-order valence-corrected chi connectivity index (χ3v) is 3.55. The van der Waals surface area contributed by atoms with E-state index in [9.17, 15) is 19.2 Å². The molecule has 0 aliphatic rings. The van der Waals surface area contributed by atoms with Crippen LogP contribution in [0.1, 0.15) is 51.4 Å². The Kier molecular flexibility index (Phi) is 15.1. The average Bonchev–Trinajstić information content (AvgIpc) is 2.59. The number of rotatable bonds is 15. The fraction of sp³-hybridized carbons (Fsp3) is 0.750. The number of hydrogen-bond acceptors (Lipinski definition) is 8. The van der Waals surface area contributed by atoms with Crippen LogP contribution >= 0.6 is 0 Å². The van der Waals surface area contributed by atoms with Crippen molar-refractivity contribution < 1.29 is 19.2 Å². The predicted molar refractivity (Wildman–Crippen MR) is 86.7 cm³/mol. The molecule has 130 valence electrons. The lowest BCUT2D eigenvalue weighted by Gasteiger charge is -2.17. The van der Waals surface area contributed by atoms with Gasteiger partial charge in [0, 0.05) is 0 Å². The topological polar surface area (TPSA) is 118 Å². The van der Waals surface area contributed by atoms with E-state index in [1.54, 1.807) is 12.2 Å². The minimum Gasteiger partial charge on any atom is -0.211 e. The zero-order chi connectivity index (χ0) is 17.9. The van der Waals surface area contributed by atoms with Crippen LogP contribution in [0.3, 0.4) is 0 Å². The molecule has 24 heavy (non-hydrogen) atoms. The van der Waals surface area contributed by atoms with E-state index in [0.717, 1.165) is 38.5 Å². The molecule has 0 aliphatic carbocycles. The second-order valence-corrected chi connectivity index (χ2v) is 5.22. The number of nitrogens with zero attached hydrogens (tertiary/aromatic N) is 4. The molecule has 0 N–H and O–H groups in total. The smallest absolute Gasteiger partial charge is 0.211 e. The van der Waals surface area contributed by atoms with Crippen molar-refractivity contribution >= 4 is 24.3 Å². The predicted octanol–water partition coefficient (Wildman–Crippen LogP) is 2.19. The summed E-state index contributed by atoms with van der Waals surface area (Å²) in [6.07, 6.45) is 12.0. The maximum atomic E-state index is 10.6. The molecule has 0 bridgehead atoms. The van der Waals surface area contributed by atoms with Gasteiger partial charge in [-0.25, -0.2) is 39.1 Å². The molecule has 8 nitrogen and oxygen atoms in total. The van der Waals surface area contributed by atoms with Crippen LogP contribution in [0, 0.1) is 0 Å². The van der Waals surface area contributed by atoms with Gasteiger partial charge in [0.15, 0.2) is 0 Å². The van der Waals surface area contributed by atoms with E-state index >= 15 is 0 Å². The Hall–Kier alpha value is -2.48. The van der Waals surface area contributed by atoms with Crippen LogP contribution in [-0.2, 0) is 19.2 Å². The van der Waals surface area contributed by atoms with E-state index in [4.69, 9.17) is 0 Å². The molecule has 0 aliphatic heterocycles. The summed E-state index contributed by atoms with van der Waals surface area (Å²) in [6, 6.07) is -0.793. The van der Waals surface area contributed by atoms with E-state index in [1.165, 1.54) is 12.2 Å². The molecule has 8 heteroatoms. The Morgan fingerprint density at radius 1 is 0.542 bits per heavy atom. The van der Waals surface area contributed by atoms with Gasteiger partial charge < -0.3 is 0 Å². The highest BCUT2D eigenvalue weighted by Gasteiger charge is 2.20. The van der Waals surface area contributed by atoms with Crippen LogP contribution in [0.25, 0.3) is 0 Å². The molecule has 0 amide bonds. The van der Waals surface area contributed by atoms with Gasteiger partial charge in [-0.2, -0.15) is 0 Å². The minimum atomic E-state index is -0.397. The number of unbranched alkanes of at least 4 members (excludes halogenated alkanes) is 4. The lowest BCUT2D eigenvalue weighted by Crippen LogP contribution is -2.23. The molecule has 0 aromatic rings. The molecular formula is C16H22N4O4. The number of isocyanates is 4. The molecule has 0 saturated carbocycles. The van der Waals surface area contributed by atoms with Crippen molar-refractivity contribution in [2.45, 2.75) is 63.5 Å². The van der Waals surface area contributed by atoms with Crippen LogP contribution in [0.4, 0.5) is 0 Å². The number of carbonyl (C=O) groups excluding carboxylic acids is 4. The van der Waals surface area contributed by atoms with Crippen molar-refractivity contribution in [2.75, 3.05) is 13.1 Å². The van der Waals surface area contributed by atoms with Crippen molar-refractivity contribution in [2.24, 2.45) is 20.0 Å². The third-order valence-electron chi connectivity index (χ3n) is 3.55. The van der Waals surface area contributed by atoms with Crippen molar-refractivity contribution in [3.8, 4) is 0 Å². The van der Waals surface area contributed by atoms with Gasteiger partial charge in [-0.05, 0) is 25.7 Å². The first-order valence-corrected chi connectivity index (χ1v) is 8.01. The lowest BCUT2D eigenvalue weighted by atomic mass is 9.97. The first-order valence-electron chi connectivity index (χ1n) is 8.01. The fourth-order valence-corrected chi connectivity index (χ4v) is 2.35. The molecule has 0 heterocycles. The first kappa shape index (κ1) is 21.5. The largest absolute Gasteiger partial charge is 0.235 e. The summed E-state index contributed by atoms with van der Waals surface area (Å²) in [6.45, 7) is 0.870. The number of aliphatic imine (C=N–C) groups is 4. The summed E-state index contributed by atoms with van der Waals surface area (Å²) in [4.78, 5) is 55.6. The summed E-state index contributed by atoms with van der Waals surface area (Å²) in [5.74, 6) is 0. The summed E-state index contributed by atoms with van der Waals surface area (Å²) < 4.78 is 0. The van der Waals surface area contributed by atoms with E-state index in [-0.39, 0.29) is 0 Å². The second kappa shape index (κ2) is 16.9. The van der Waals surface area contributed by atoms with Gasteiger partial charge in [0.05, 0.1) is 25.2 Å². The maximum absolute atomic E-state index is 10.6. The standard InChI is InChI=1S/C16H22N4O4/c21-11-17-9-5-1-3-7-15(19-13-23)16(20-14-24)8-4-2-6-10-18-12-22/h15-16H,1-10H2. The minimum absolute atomic E-state index is 0.397. The van der Waals surface area contributed by atoms with Gasteiger partial charge in [0.1, 0.15) is 0 Å². The Bertz CT molecular complexity index is 478. The molecule has 0 spiro atoms. The Labute approximate surface area is 140 Å². The van der Waals surface area contributed by atoms with Gasteiger partial charge in [-0.3, -0.25) is 0 Å². The molecule has 0 aromatic carbocycles. The molecule has 0 aromatic heterocycles. The molecule has 2 atom stereocenters. The van der Waals surface area contributed by atoms with Crippen LogP contribution in [0.5, 0.6) is 0 Å². The van der Waals surface area contributed by atoms with Crippen LogP contribution in [-0.4, -0.2) is 49.5 Å². The summed E-state index contributed by atoms with van der Waals surface area (Å²) in [7, 11) is 0. The monoisotopic (exact) mass is 334 g/mol. The average molecular weight is 334 g/mol. The van der Waals surface area contributed by atoms with E-state index in [1.807, 2.05) is 0 Å². The van der Waals surface area contributed by atoms with Gasteiger partial charge in [0.2, 0.25) is 24.3 Å². The Morgan fingerprint density at radius 2 is 0.958 bits per heavy atom. The van der Waals surface area contributed by atoms with Gasteiger partial charge in [0.25, 0.3) is 0 Å². The van der Waals surface area contributed by atoms with E-state index in [0.29, 0.717) is 25.9 Å². The van der Waals surface area contributed by atoms with Crippen LogP contribution < -0.4 is 0 Å². The van der Waals surface area contributed by atoms with Crippen molar-refractivity contribution in [3.05, 3.63) is 0 Å². The summed E-state index contributed by atoms with van der Waals surface area (Å²) in [5.41, 5.74) is 0. The maximum Gasteiger partial charge on any atom is 0.235 e. The highest BCUT2D eigenvalue weighted by atomic mass is 16.1. The molecule has 2 unspecified atom stereocenters. The zero-order valence-corrected chi connectivity index (χ0v) is 13.6. The Morgan fingerprint density at radius 3 is 1.29 bits per heavy atom. The van der Waals surface area contributed by atoms with Gasteiger partial charge in [-0.1, -0.05) is 25.7 Å². The van der Waals surface area contributed by atoms with Crippen molar-refractivity contribution in [1.29, 1.82) is 0 Å². The quantitative estimate of drug-likeness (QED) is 0.259. The fourth-order valence-electron chi connectivity index (χ4n) is 2.35. The summed E-state index contributed by atoms with van der Waals surface area (Å²) >= 11 is 0. The molecule has 0 radical (unpaired) electrons. The van der Waals surface area contributed by atoms with E-state index < -0.39 is 12.1 Å². The lowest BCUT2D eigenvalue weighted by molar-refractivity contribution is 0.432.